The van der Waals surface area contributed by atoms with E-state index in [1.165, 1.54) is 4.88 Å². The van der Waals surface area contributed by atoms with Gasteiger partial charge in [-0.2, -0.15) is 5.26 Å². The molecule has 0 aliphatic rings. The van der Waals surface area contributed by atoms with E-state index < -0.39 is 0 Å². The summed E-state index contributed by atoms with van der Waals surface area (Å²) in [6, 6.07) is 7.79. The maximum absolute atomic E-state index is 9.24. The molecule has 0 fully saturated rings. The van der Waals surface area contributed by atoms with Crippen molar-refractivity contribution in [1.29, 1.82) is 5.26 Å². The molecule has 1 unspecified atom stereocenters. The van der Waals surface area contributed by atoms with Crippen molar-refractivity contribution < 1.29 is 4.42 Å². The maximum atomic E-state index is 9.24. The predicted molar refractivity (Wildman–Crippen MR) is 92.5 cm³/mol. The van der Waals surface area contributed by atoms with Crippen LogP contribution in [0.1, 0.15) is 28.8 Å². The first kappa shape index (κ1) is 15.5. The van der Waals surface area contributed by atoms with Gasteiger partial charge >= 0.3 is 0 Å². The number of furan rings is 1. The SMILES string of the molecule is Cc1c(CC(C)N)sc2c(NCc3ccco3)cc(C#N)nc12. The van der Waals surface area contributed by atoms with E-state index in [-0.39, 0.29) is 6.04 Å². The summed E-state index contributed by atoms with van der Waals surface area (Å²) in [6.07, 6.45) is 2.46. The molecule has 0 aliphatic heterocycles. The quantitative estimate of drug-likeness (QED) is 0.748. The van der Waals surface area contributed by atoms with Crippen molar-refractivity contribution in [1.82, 2.24) is 4.98 Å². The Morgan fingerprint density at radius 2 is 2.35 bits per heavy atom. The molecule has 23 heavy (non-hydrogen) atoms. The van der Waals surface area contributed by atoms with Crippen LogP contribution in [0.2, 0.25) is 0 Å². The van der Waals surface area contributed by atoms with Gasteiger partial charge in [0.25, 0.3) is 0 Å². The number of nitriles is 1. The molecule has 3 aromatic rings. The number of aromatic nitrogens is 1. The third-order valence-electron chi connectivity index (χ3n) is 3.63. The number of fused-ring (bicyclic) bond motifs is 1. The van der Waals surface area contributed by atoms with E-state index in [9.17, 15) is 5.26 Å². The molecule has 5 nitrogen and oxygen atoms in total. The van der Waals surface area contributed by atoms with Crippen LogP contribution in [0.15, 0.2) is 28.9 Å². The molecule has 0 aromatic carbocycles. The van der Waals surface area contributed by atoms with Crippen LogP contribution in [0.4, 0.5) is 5.69 Å². The summed E-state index contributed by atoms with van der Waals surface area (Å²) in [5, 5.41) is 12.6. The Balaban J connectivity index is 2.02. The Kier molecular flexibility index (Phi) is 4.33. The van der Waals surface area contributed by atoms with Crippen molar-refractivity contribution in [3.63, 3.8) is 0 Å². The summed E-state index contributed by atoms with van der Waals surface area (Å²) in [7, 11) is 0. The van der Waals surface area contributed by atoms with Crippen LogP contribution in [0.3, 0.4) is 0 Å². The molecule has 118 valence electrons. The highest BCUT2D eigenvalue weighted by Gasteiger charge is 2.16. The molecule has 0 radical (unpaired) electrons. The molecule has 3 heterocycles. The molecule has 0 spiro atoms. The maximum Gasteiger partial charge on any atom is 0.143 e. The van der Waals surface area contributed by atoms with Crippen LogP contribution in [-0.4, -0.2) is 11.0 Å². The van der Waals surface area contributed by atoms with Gasteiger partial charge in [0.2, 0.25) is 0 Å². The Hall–Kier alpha value is -2.36. The second-order valence-electron chi connectivity index (χ2n) is 5.61. The van der Waals surface area contributed by atoms with Gasteiger partial charge < -0.3 is 15.5 Å². The van der Waals surface area contributed by atoms with E-state index in [0.717, 1.165) is 33.6 Å². The number of pyridine rings is 1. The molecular weight excluding hydrogens is 308 g/mol. The summed E-state index contributed by atoms with van der Waals surface area (Å²) < 4.78 is 6.41. The van der Waals surface area contributed by atoms with Gasteiger partial charge in [-0.3, -0.25) is 0 Å². The van der Waals surface area contributed by atoms with Gasteiger partial charge in [0, 0.05) is 10.9 Å². The number of nitrogens with zero attached hydrogens (tertiary/aromatic N) is 2. The fourth-order valence-electron chi connectivity index (χ4n) is 2.49. The average molecular weight is 326 g/mol. The third-order valence-corrected chi connectivity index (χ3v) is 4.96. The molecule has 6 heteroatoms. The molecule has 1 atom stereocenters. The minimum atomic E-state index is 0.0942. The highest BCUT2D eigenvalue weighted by molar-refractivity contribution is 7.19. The standard InChI is InChI=1S/C17H18N4OS/c1-10(19)6-15-11(2)16-17(23-15)14(7-12(8-18)21-16)20-9-13-4-3-5-22-13/h3-5,7,10H,6,9,19H2,1-2H3,(H,20,21). The molecular formula is C17H18N4OS. The van der Waals surface area contributed by atoms with E-state index in [1.54, 1.807) is 23.7 Å². The molecule has 3 aromatic heterocycles. The normalized spacial score (nSPS) is 12.3. The summed E-state index contributed by atoms with van der Waals surface area (Å²) >= 11 is 1.69. The molecule has 0 saturated carbocycles. The van der Waals surface area contributed by atoms with Crippen molar-refractivity contribution in [3.05, 3.63) is 46.4 Å². The number of thiophene rings is 1. The van der Waals surface area contributed by atoms with E-state index in [0.29, 0.717) is 12.2 Å². The number of rotatable bonds is 5. The van der Waals surface area contributed by atoms with Crippen molar-refractivity contribution in [2.75, 3.05) is 5.32 Å². The number of nitrogens with two attached hydrogens (primary N) is 1. The van der Waals surface area contributed by atoms with Crippen molar-refractivity contribution in [2.45, 2.75) is 32.9 Å². The summed E-state index contributed by atoms with van der Waals surface area (Å²) in [6.45, 7) is 4.60. The van der Waals surface area contributed by atoms with Gasteiger partial charge in [0.15, 0.2) is 0 Å². The first-order chi connectivity index (χ1) is 11.1. The van der Waals surface area contributed by atoms with E-state index in [2.05, 4.69) is 16.4 Å². The van der Waals surface area contributed by atoms with Gasteiger partial charge in [-0.05, 0) is 44.0 Å². The zero-order chi connectivity index (χ0) is 16.4. The van der Waals surface area contributed by atoms with Crippen molar-refractivity contribution >= 4 is 27.2 Å². The zero-order valence-corrected chi connectivity index (χ0v) is 13.9. The van der Waals surface area contributed by atoms with E-state index in [4.69, 9.17) is 10.2 Å². The highest BCUT2D eigenvalue weighted by Crippen LogP contribution is 2.36. The second-order valence-corrected chi connectivity index (χ2v) is 6.71. The lowest BCUT2D eigenvalue weighted by Gasteiger charge is -2.06. The van der Waals surface area contributed by atoms with Crippen LogP contribution in [-0.2, 0) is 13.0 Å². The van der Waals surface area contributed by atoms with Crippen molar-refractivity contribution in [3.8, 4) is 6.07 Å². The van der Waals surface area contributed by atoms with Crippen molar-refractivity contribution in [2.24, 2.45) is 5.73 Å². The largest absolute Gasteiger partial charge is 0.467 e. The Morgan fingerprint density at radius 1 is 1.52 bits per heavy atom. The predicted octanol–water partition coefficient (Wildman–Crippen LogP) is 3.57. The topological polar surface area (TPSA) is 87.9 Å². The van der Waals surface area contributed by atoms with E-state index >= 15 is 0 Å². The average Bonchev–Trinajstić information content (AvgIpc) is 3.14. The molecule has 3 rings (SSSR count). The van der Waals surface area contributed by atoms with Gasteiger partial charge in [0.05, 0.1) is 28.7 Å². The van der Waals surface area contributed by atoms with Gasteiger partial charge in [-0.1, -0.05) is 0 Å². The second kappa shape index (κ2) is 6.41. The lowest BCUT2D eigenvalue weighted by atomic mass is 10.1. The summed E-state index contributed by atoms with van der Waals surface area (Å²) in [5.41, 5.74) is 9.25. The number of anilines is 1. The highest BCUT2D eigenvalue weighted by atomic mass is 32.1. The summed E-state index contributed by atoms with van der Waals surface area (Å²) in [5.74, 6) is 0.845. The molecule has 0 bridgehead atoms. The van der Waals surface area contributed by atoms with Crippen LogP contribution in [0, 0.1) is 18.3 Å². The minimum absolute atomic E-state index is 0.0942. The number of nitrogens with one attached hydrogen (secondary N) is 1. The first-order valence-electron chi connectivity index (χ1n) is 7.43. The first-order valence-corrected chi connectivity index (χ1v) is 8.25. The molecule has 3 N–H and O–H groups in total. The lowest BCUT2D eigenvalue weighted by Crippen LogP contribution is -2.17. The smallest absolute Gasteiger partial charge is 0.143 e. The number of hydrogen-bond donors (Lipinski definition) is 2. The lowest BCUT2D eigenvalue weighted by molar-refractivity contribution is 0.518. The Morgan fingerprint density at radius 3 is 3.00 bits per heavy atom. The zero-order valence-electron chi connectivity index (χ0n) is 13.1. The third kappa shape index (κ3) is 3.21. The van der Waals surface area contributed by atoms with Crippen LogP contribution >= 0.6 is 11.3 Å². The van der Waals surface area contributed by atoms with Gasteiger partial charge in [0.1, 0.15) is 17.5 Å². The fraction of sp³-hybridized carbons (Fsp3) is 0.294. The molecule has 0 amide bonds. The summed E-state index contributed by atoms with van der Waals surface area (Å²) in [4.78, 5) is 5.69. The fourth-order valence-corrected chi connectivity index (χ4v) is 3.87. The number of aryl methyl sites for hydroxylation is 1. The van der Waals surface area contributed by atoms with Crippen LogP contribution in [0.5, 0.6) is 0 Å². The monoisotopic (exact) mass is 326 g/mol. The Bertz CT molecular complexity index is 859. The van der Waals surface area contributed by atoms with E-state index in [1.807, 2.05) is 26.0 Å². The molecule has 0 aliphatic carbocycles. The van der Waals surface area contributed by atoms with Gasteiger partial charge in [-0.25, -0.2) is 4.98 Å². The van der Waals surface area contributed by atoms with Gasteiger partial charge in [-0.15, -0.1) is 11.3 Å². The van der Waals surface area contributed by atoms with Crippen LogP contribution in [0.25, 0.3) is 10.2 Å². The van der Waals surface area contributed by atoms with Crippen LogP contribution < -0.4 is 11.1 Å². The Labute approximate surface area is 138 Å². The molecule has 0 saturated heterocycles. The minimum Gasteiger partial charge on any atom is -0.467 e. The number of hydrogen-bond acceptors (Lipinski definition) is 6.